The van der Waals surface area contributed by atoms with E-state index in [0.29, 0.717) is 16.7 Å². The first-order chi connectivity index (χ1) is 8.27. The van der Waals surface area contributed by atoms with Gasteiger partial charge in [-0.25, -0.2) is 0 Å². The zero-order valence-corrected chi connectivity index (χ0v) is 10.5. The van der Waals surface area contributed by atoms with Gasteiger partial charge in [-0.2, -0.15) is 5.10 Å². The number of fused-ring (bicyclic) bond motifs is 1. The van der Waals surface area contributed by atoms with Gasteiger partial charge in [-0.15, -0.1) is 0 Å². The van der Waals surface area contributed by atoms with Gasteiger partial charge in [0.1, 0.15) is 5.69 Å². The molecular formula is C12H10Cl2N2O. The molecule has 17 heavy (non-hydrogen) atoms. The van der Waals surface area contributed by atoms with E-state index in [1.54, 1.807) is 0 Å². The minimum Gasteiger partial charge on any atom is -0.376 e. The quantitative estimate of drug-likeness (QED) is 0.860. The predicted octanol–water partition coefficient (Wildman–Crippen LogP) is 3.46. The maximum absolute atomic E-state index is 6.18. The molecule has 0 saturated heterocycles. The molecule has 0 fully saturated rings. The Kier molecular flexibility index (Phi) is 2.82. The maximum atomic E-state index is 6.18. The molecule has 1 N–H and O–H groups in total. The molecule has 2 heterocycles. The van der Waals surface area contributed by atoms with Crippen LogP contribution in [-0.4, -0.2) is 16.8 Å². The number of benzene rings is 1. The van der Waals surface area contributed by atoms with E-state index in [4.69, 9.17) is 27.9 Å². The lowest BCUT2D eigenvalue weighted by atomic mass is 10.0. The first-order valence-electron chi connectivity index (χ1n) is 5.35. The van der Waals surface area contributed by atoms with Crippen LogP contribution >= 0.6 is 23.2 Å². The largest absolute Gasteiger partial charge is 0.376 e. The van der Waals surface area contributed by atoms with Crippen molar-refractivity contribution in [2.75, 3.05) is 6.61 Å². The molecule has 0 spiro atoms. The Bertz CT molecular complexity index is 545. The molecule has 1 aliphatic rings. The fraction of sp³-hybridized carbons (Fsp3) is 0.250. The highest BCUT2D eigenvalue weighted by Gasteiger charge is 2.21. The summed E-state index contributed by atoms with van der Waals surface area (Å²) in [6.07, 6.45) is 0.852. The molecule has 0 amide bonds. The summed E-state index contributed by atoms with van der Waals surface area (Å²) < 4.78 is 5.45. The van der Waals surface area contributed by atoms with Crippen molar-refractivity contribution in [2.45, 2.75) is 13.0 Å². The molecule has 5 heteroatoms. The molecule has 0 aliphatic carbocycles. The van der Waals surface area contributed by atoms with Crippen LogP contribution in [0.2, 0.25) is 10.0 Å². The molecule has 0 bridgehead atoms. The third kappa shape index (κ3) is 1.84. The third-order valence-electron chi connectivity index (χ3n) is 2.90. The number of rotatable bonds is 1. The van der Waals surface area contributed by atoms with Gasteiger partial charge in [0.05, 0.1) is 23.3 Å². The smallest absolute Gasteiger partial charge is 0.101 e. The molecule has 1 aliphatic heterocycles. The molecule has 1 aromatic carbocycles. The summed E-state index contributed by atoms with van der Waals surface area (Å²) >= 11 is 12.4. The lowest BCUT2D eigenvalue weighted by Gasteiger charge is -2.13. The van der Waals surface area contributed by atoms with Crippen molar-refractivity contribution in [3.8, 4) is 11.3 Å². The normalized spacial score (nSPS) is 14.7. The maximum Gasteiger partial charge on any atom is 0.101 e. The van der Waals surface area contributed by atoms with Crippen molar-refractivity contribution in [1.29, 1.82) is 0 Å². The monoisotopic (exact) mass is 268 g/mol. The molecule has 2 aromatic rings. The second-order valence-electron chi connectivity index (χ2n) is 3.93. The number of nitrogens with zero attached hydrogens (tertiary/aromatic N) is 1. The van der Waals surface area contributed by atoms with Gasteiger partial charge in [-0.3, -0.25) is 5.10 Å². The lowest BCUT2D eigenvalue weighted by molar-refractivity contribution is 0.110. The Morgan fingerprint density at radius 1 is 1.24 bits per heavy atom. The predicted molar refractivity (Wildman–Crippen MR) is 67.4 cm³/mol. The van der Waals surface area contributed by atoms with Crippen LogP contribution in [0.5, 0.6) is 0 Å². The molecule has 1 aromatic heterocycles. The van der Waals surface area contributed by atoms with E-state index in [1.165, 1.54) is 0 Å². The summed E-state index contributed by atoms with van der Waals surface area (Å²) in [5, 5.41) is 8.57. The first kappa shape index (κ1) is 11.1. The number of aromatic nitrogens is 2. The van der Waals surface area contributed by atoms with Gasteiger partial charge in [0.2, 0.25) is 0 Å². The molecule has 0 radical (unpaired) electrons. The molecule has 88 valence electrons. The molecule has 3 rings (SSSR count). The number of hydrogen-bond donors (Lipinski definition) is 1. The molecule has 0 saturated carbocycles. The average molecular weight is 269 g/mol. The number of halogens is 2. The number of ether oxygens (including phenoxy) is 1. The average Bonchev–Trinajstić information content (AvgIpc) is 2.73. The van der Waals surface area contributed by atoms with Crippen LogP contribution in [-0.2, 0) is 17.8 Å². The van der Waals surface area contributed by atoms with E-state index in [9.17, 15) is 0 Å². The highest BCUT2D eigenvalue weighted by molar-refractivity contribution is 6.39. The second-order valence-corrected chi connectivity index (χ2v) is 4.74. The second kappa shape index (κ2) is 4.33. The standard InChI is InChI=1S/C12H10Cl2N2O/c13-8-2-1-3-9(14)11(8)12-7-6-17-5-4-10(7)15-16-12/h1-3H,4-6H2,(H,15,16). The van der Waals surface area contributed by atoms with Crippen LogP contribution < -0.4 is 0 Å². The number of hydrogen-bond acceptors (Lipinski definition) is 2. The van der Waals surface area contributed by atoms with Gasteiger partial charge in [-0.05, 0) is 12.1 Å². The van der Waals surface area contributed by atoms with Gasteiger partial charge in [-0.1, -0.05) is 29.3 Å². The van der Waals surface area contributed by atoms with E-state index in [1.807, 2.05) is 18.2 Å². The van der Waals surface area contributed by atoms with E-state index in [2.05, 4.69) is 10.2 Å². The molecule has 0 atom stereocenters. The van der Waals surface area contributed by atoms with Crippen LogP contribution in [0.25, 0.3) is 11.3 Å². The minimum absolute atomic E-state index is 0.558. The summed E-state index contributed by atoms with van der Waals surface area (Å²) in [6.45, 7) is 1.29. The zero-order valence-electron chi connectivity index (χ0n) is 8.96. The zero-order chi connectivity index (χ0) is 11.8. The van der Waals surface area contributed by atoms with Crippen LogP contribution in [0.1, 0.15) is 11.3 Å². The first-order valence-corrected chi connectivity index (χ1v) is 6.11. The van der Waals surface area contributed by atoms with Crippen molar-refractivity contribution in [3.63, 3.8) is 0 Å². The molecular weight excluding hydrogens is 259 g/mol. The minimum atomic E-state index is 0.558. The summed E-state index contributed by atoms with van der Waals surface area (Å²) in [4.78, 5) is 0. The fourth-order valence-electron chi connectivity index (χ4n) is 2.04. The fourth-order valence-corrected chi connectivity index (χ4v) is 2.62. The van der Waals surface area contributed by atoms with Gasteiger partial charge in [0.25, 0.3) is 0 Å². The van der Waals surface area contributed by atoms with Crippen LogP contribution in [0, 0.1) is 0 Å². The Labute approximate surface area is 109 Å². The van der Waals surface area contributed by atoms with Gasteiger partial charge in [0.15, 0.2) is 0 Å². The van der Waals surface area contributed by atoms with E-state index in [-0.39, 0.29) is 0 Å². The van der Waals surface area contributed by atoms with Crippen molar-refractivity contribution in [3.05, 3.63) is 39.5 Å². The summed E-state index contributed by atoms with van der Waals surface area (Å²) in [7, 11) is 0. The van der Waals surface area contributed by atoms with Gasteiger partial charge in [0, 0.05) is 23.2 Å². The van der Waals surface area contributed by atoms with Crippen LogP contribution in [0.15, 0.2) is 18.2 Å². The van der Waals surface area contributed by atoms with Crippen molar-refractivity contribution >= 4 is 23.2 Å². The van der Waals surface area contributed by atoms with E-state index in [0.717, 1.165) is 35.5 Å². The lowest BCUT2D eigenvalue weighted by Crippen LogP contribution is -2.09. The Morgan fingerprint density at radius 2 is 2.00 bits per heavy atom. The van der Waals surface area contributed by atoms with Gasteiger partial charge < -0.3 is 4.74 Å². The third-order valence-corrected chi connectivity index (χ3v) is 3.53. The van der Waals surface area contributed by atoms with Gasteiger partial charge >= 0.3 is 0 Å². The Balaban J connectivity index is 2.19. The summed E-state index contributed by atoms with van der Waals surface area (Å²) in [6, 6.07) is 5.45. The van der Waals surface area contributed by atoms with E-state index < -0.39 is 0 Å². The van der Waals surface area contributed by atoms with Crippen LogP contribution in [0.4, 0.5) is 0 Å². The summed E-state index contributed by atoms with van der Waals surface area (Å²) in [5.74, 6) is 0. The SMILES string of the molecule is Clc1cccc(Cl)c1-c1n[nH]c2c1COCC2. The number of H-pyrrole nitrogens is 1. The highest BCUT2D eigenvalue weighted by Crippen LogP contribution is 2.37. The van der Waals surface area contributed by atoms with Crippen LogP contribution in [0.3, 0.4) is 0 Å². The molecule has 0 unspecified atom stereocenters. The van der Waals surface area contributed by atoms with Crippen molar-refractivity contribution < 1.29 is 4.74 Å². The number of aromatic amines is 1. The number of nitrogens with one attached hydrogen (secondary N) is 1. The molecule has 3 nitrogen and oxygen atoms in total. The summed E-state index contributed by atoms with van der Waals surface area (Å²) in [5.41, 5.74) is 3.75. The Hall–Kier alpha value is -1.03. The van der Waals surface area contributed by atoms with E-state index >= 15 is 0 Å². The Morgan fingerprint density at radius 3 is 2.76 bits per heavy atom. The van der Waals surface area contributed by atoms with Crippen molar-refractivity contribution in [2.24, 2.45) is 0 Å². The topological polar surface area (TPSA) is 37.9 Å². The van der Waals surface area contributed by atoms with Crippen molar-refractivity contribution in [1.82, 2.24) is 10.2 Å². The highest BCUT2D eigenvalue weighted by atomic mass is 35.5.